The molecule has 0 saturated heterocycles. The second-order valence-corrected chi connectivity index (χ2v) is 11.6. The van der Waals surface area contributed by atoms with Gasteiger partial charge >= 0.3 is 17.9 Å². The number of allylic oxidation sites excluding steroid dienone is 1. The van der Waals surface area contributed by atoms with Crippen molar-refractivity contribution < 1.29 is 28.6 Å². The third kappa shape index (κ3) is 7.27. The summed E-state index contributed by atoms with van der Waals surface area (Å²) in [7, 11) is 0. The van der Waals surface area contributed by atoms with E-state index in [1.165, 1.54) is 20.8 Å². The molecule has 3 aromatic heterocycles. The number of nitrogens with zero attached hydrogens (tertiary/aromatic N) is 4. The molecule has 0 aliphatic heterocycles. The molecule has 1 aliphatic carbocycles. The molecule has 3 heterocycles. The summed E-state index contributed by atoms with van der Waals surface area (Å²) in [6.07, 6.45) is 2.85. The van der Waals surface area contributed by atoms with E-state index in [0.29, 0.717) is 17.1 Å². The van der Waals surface area contributed by atoms with Gasteiger partial charge in [-0.1, -0.05) is 37.3 Å². The van der Waals surface area contributed by atoms with Crippen molar-refractivity contribution in [3.63, 3.8) is 0 Å². The van der Waals surface area contributed by atoms with E-state index in [0.717, 1.165) is 56.6 Å². The van der Waals surface area contributed by atoms with Crippen molar-refractivity contribution in [2.45, 2.75) is 53.9 Å². The average Bonchev–Trinajstić information content (AvgIpc) is 3.05. The van der Waals surface area contributed by atoms with Gasteiger partial charge in [-0.2, -0.15) is 0 Å². The fourth-order valence-corrected chi connectivity index (χ4v) is 5.63. The van der Waals surface area contributed by atoms with E-state index in [4.69, 9.17) is 29.2 Å². The zero-order valence-electron chi connectivity index (χ0n) is 26.6. The first kappa shape index (κ1) is 31.3. The molecular formula is C37H34N4O6. The maximum Gasteiger partial charge on any atom is 0.303 e. The molecule has 1 atom stereocenters. The Morgan fingerprint density at radius 1 is 0.660 bits per heavy atom. The SMILES string of the molecule is CC(=O)OCc1ccc2c(n1)C=C(N(c1ccc3ccc(COC(C)=O)nc3c1)c1ccc3ccc(COC(C)=O)nc3c1)C(C)C2. The first-order valence-corrected chi connectivity index (χ1v) is 15.3. The van der Waals surface area contributed by atoms with Crippen LogP contribution < -0.4 is 4.90 Å². The molecule has 0 bridgehead atoms. The highest BCUT2D eigenvalue weighted by molar-refractivity contribution is 5.89. The van der Waals surface area contributed by atoms with Crippen molar-refractivity contribution in [1.29, 1.82) is 0 Å². The lowest BCUT2D eigenvalue weighted by atomic mass is 9.89. The predicted molar refractivity (Wildman–Crippen MR) is 177 cm³/mol. The molecule has 10 heteroatoms. The number of esters is 3. The summed E-state index contributed by atoms with van der Waals surface area (Å²) in [5.74, 6) is -0.976. The molecule has 1 aliphatic rings. The van der Waals surface area contributed by atoms with Gasteiger partial charge in [0, 0.05) is 54.5 Å². The summed E-state index contributed by atoms with van der Waals surface area (Å²) in [5.41, 5.74) is 8.17. The van der Waals surface area contributed by atoms with Gasteiger partial charge in [-0.05, 0) is 60.5 Å². The van der Waals surface area contributed by atoms with Crippen LogP contribution in [0.2, 0.25) is 0 Å². The molecule has 1 unspecified atom stereocenters. The van der Waals surface area contributed by atoms with E-state index in [2.05, 4.69) is 30.0 Å². The molecule has 0 amide bonds. The Balaban J connectivity index is 1.48. The van der Waals surface area contributed by atoms with Crippen LogP contribution >= 0.6 is 0 Å². The van der Waals surface area contributed by atoms with E-state index < -0.39 is 0 Å². The maximum atomic E-state index is 11.4. The highest BCUT2D eigenvalue weighted by atomic mass is 16.5. The van der Waals surface area contributed by atoms with Crippen LogP contribution in [0.15, 0.2) is 78.5 Å². The van der Waals surface area contributed by atoms with E-state index in [1.54, 1.807) is 0 Å². The Labute approximate surface area is 272 Å². The largest absolute Gasteiger partial charge is 0.459 e. The van der Waals surface area contributed by atoms with E-state index >= 15 is 0 Å². The van der Waals surface area contributed by atoms with E-state index in [1.807, 2.05) is 60.7 Å². The fraction of sp³-hybridized carbons (Fsp3) is 0.243. The van der Waals surface area contributed by atoms with Crippen LogP contribution in [-0.2, 0) is 54.8 Å². The minimum atomic E-state index is -0.365. The third-order valence-electron chi connectivity index (χ3n) is 7.90. The number of carbonyl (C=O) groups excluding carboxylic acids is 3. The molecular weight excluding hydrogens is 596 g/mol. The molecule has 0 saturated carbocycles. The van der Waals surface area contributed by atoms with Crippen molar-refractivity contribution in [2.75, 3.05) is 4.90 Å². The number of aromatic nitrogens is 3. The van der Waals surface area contributed by atoms with Crippen molar-refractivity contribution in [2.24, 2.45) is 5.92 Å². The Kier molecular flexibility index (Phi) is 8.92. The van der Waals surface area contributed by atoms with E-state index in [-0.39, 0.29) is 43.6 Å². The fourth-order valence-electron chi connectivity index (χ4n) is 5.63. The van der Waals surface area contributed by atoms with Gasteiger partial charge < -0.3 is 19.1 Å². The zero-order chi connectivity index (χ0) is 33.1. The summed E-state index contributed by atoms with van der Waals surface area (Å²) in [6, 6.07) is 23.8. The number of benzene rings is 2. The van der Waals surface area contributed by atoms with Crippen LogP contribution in [0.5, 0.6) is 0 Å². The second kappa shape index (κ2) is 13.4. The molecule has 238 valence electrons. The van der Waals surface area contributed by atoms with Gasteiger partial charge in [0.05, 0.1) is 33.8 Å². The molecule has 47 heavy (non-hydrogen) atoms. The van der Waals surface area contributed by atoms with Gasteiger partial charge in [0.1, 0.15) is 19.8 Å². The minimum absolute atomic E-state index is 0.0888. The topological polar surface area (TPSA) is 121 Å². The highest BCUT2D eigenvalue weighted by Crippen LogP contribution is 2.40. The van der Waals surface area contributed by atoms with Gasteiger partial charge in [-0.3, -0.25) is 14.4 Å². The lowest BCUT2D eigenvalue weighted by Crippen LogP contribution is -2.25. The molecule has 10 nitrogen and oxygen atoms in total. The molecule has 0 fully saturated rings. The molecule has 6 rings (SSSR count). The molecule has 5 aromatic rings. The second-order valence-electron chi connectivity index (χ2n) is 11.6. The standard InChI is InChI=1S/C37H34N4O6/c1-22-15-28-7-12-31(21-47-25(4)44)40-36(28)18-37(22)41(32-13-8-26-5-10-29(19-45-23(2)42)38-34(26)16-32)33-14-9-27-6-11-30(20-46-24(3)43)39-35(27)17-33/h5-14,16-18,22H,15,19-21H2,1-4H3. The number of carbonyl (C=O) groups is 3. The number of hydrogen-bond donors (Lipinski definition) is 0. The van der Waals surface area contributed by atoms with Crippen LogP contribution in [0.25, 0.3) is 27.9 Å². The number of anilines is 2. The van der Waals surface area contributed by atoms with Crippen molar-refractivity contribution in [3.8, 4) is 0 Å². The Bertz CT molecular complexity index is 1960. The smallest absolute Gasteiger partial charge is 0.303 e. The molecule has 0 N–H and O–H groups in total. The van der Waals surface area contributed by atoms with Crippen LogP contribution in [0.4, 0.5) is 11.4 Å². The van der Waals surface area contributed by atoms with Crippen LogP contribution in [-0.4, -0.2) is 32.9 Å². The van der Waals surface area contributed by atoms with E-state index in [9.17, 15) is 14.4 Å². The average molecular weight is 631 g/mol. The summed E-state index contributed by atoms with van der Waals surface area (Å²) < 4.78 is 15.6. The lowest BCUT2D eigenvalue weighted by Gasteiger charge is -2.34. The van der Waals surface area contributed by atoms with Gasteiger partial charge in [-0.25, -0.2) is 15.0 Å². The maximum absolute atomic E-state index is 11.4. The summed E-state index contributed by atoms with van der Waals surface area (Å²) in [5, 5.41) is 1.90. The lowest BCUT2D eigenvalue weighted by molar-refractivity contribution is -0.143. The summed E-state index contributed by atoms with van der Waals surface area (Å²) in [6.45, 7) is 6.59. The molecule has 0 spiro atoms. The number of rotatable bonds is 9. The summed E-state index contributed by atoms with van der Waals surface area (Å²) in [4.78, 5) is 50.9. The number of ether oxygens (including phenoxy) is 3. The number of fused-ring (bicyclic) bond motifs is 3. The first-order chi connectivity index (χ1) is 22.6. The van der Waals surface area contributed by atoms with Crippen molar-refractivity contribution in [3.05, 3.63) is 107 Å². The number of pyridine rings is 3. The van der Waals surface area contributed by atoms with Crippen LogP contribution in [0.3, 0.4) is 0 Å². The molecule has 0 radical (unpaired) electrons. The Morgan fingerprint density at radius 3 is 1.60 bits per heavy atom. The highest BCUT2D eigenvalue weighted by Gasteiger charge is 2.26. The normalized spacial score (nSPS) is 13.9. The van der Waals surface area contributed by atoms with Crippen LogP contribution in [0, 0.1) is 5.92 Å². The molecule has 2 aromatic carbocycles. The van der Waals surface area contributed by atoms with Gasteiger partial charge in [-0.15, -0.1) is 0 Å². The van der Waals surface area contributed by atoms with Gasteiger partial charge in [0.2, 0.25) is 0 Å². The third-order valence-corrected chi connectivity index (χ3v) is 7.90. The van der Waals surface area contributed by atoms with Gasteiger partial charge in [0.15, 0.2) is 0 Å². The quantitative estimate of drug-likeness (QED) is 0.128. The Morgan fingerprint density at radius 2 is 1.11 bits per heavy atom. The van der Waals surface area contributed by atoms with Crippen molar-refractivity contribution in [1.82, 2.24) is 15.0 Å². The summed E-state index contributed by atoms with van der Waals surface area (Å²) >= 11 is 0. The number of hydrogen-bond acceptors (Lipinski definition) is 10. The predicted octanol–water partition coefficient (Wildman–Crippen LogP) is 6.74. The van der Waals surface area contributed by atoms with Gasteiger partial charge in [0.25, 0.3) is 0 Å². The monoisotopic (exact) mass is 630 g/mol. The first-order valence-electron chi connectivity index (χ1n) is 15.3. The zero-order valence-corrected chi connectivity index (χ0v) is 26.6. The Hall–Kier alpha value is -5.64. The minimum Gasteiger partial charge on any atom is -0.459 e. The van der Waals surface area contributed by atoms with Crippen LogP contribution in [0.1, 0.15) is 56.0 Å². The van der Waals surface area contributed by atoms with Crippen molar-refractivity contribution >= 4 is 57.2 Å².